The summed E-state index contributed by atoms with van der Waals surface area (Å²) in [5.41, 5.74) is 2.79. The minimum atomic E-state index is -0.256. The van der Waals surface area contributed by atoms with Crippen LogP contribution < -0.4 is 4.74 Å². The van der Waals surface area contributed by atoms with E-state index in [2.05, 4.69) is 6.07 Å². The van der Waals surface area contributed by atoms with Crippen molar-refractivity contribution in [2.24, 2.45) is 0 Å². The molecule has 0 aliphatic carbocycles. The molecule has 0 N–H and O–H groups in total. The molecule has 0 aliphatic heterocycles. The predicted molar refractivity (Wildman–Crippen MR) is 71.2 cm³/mol. The largest absolute Gasteiger partial charge is 0.489 e. The molecule has 0 spiro atoms. The molecule has 2 nitrogen and oxygen atoms in total. The summed E-state index contributed by atoms with van der Waals surface area (Å²) in [4.78, 5) is 0. The molecule has 0 bridgehead atoms. The fourth-order valence-electron chi connectivity index (χ4n) is 1.75. The van der Waals surface area contributed by atoms with E-state index >= 15 is 0 Å². The Bertz CT molecular complexity index is 599. The van der Waals surface area contributed by atoms with E-state index in [1.807, 2.05) is 31.2 Å². The van der Waals surface area contributed by atoms with Crippen molar-refractivity contribution < 1.29 is 9.13 Å². The van der Waals surface area contributed by atoms with Crippen molar-refractivity contribution in [2.45, 2.75) is 20.0 Å². The number of halogens is 1. The van der Waals surface area contributed by atoms with Gasteiger partial charge in [0.2, 0.25) is 0 Å². The number of ether oxygens (including phenoxy) is 1. The van der Waals surface area contributed by atoms with Crippen molar-refractivity contribution in [2.75, 3.05) is 0 Å². The first-order valence-electron chi connectivity index (χ1n) is 6.03. The predicted octanol–water partition coefficient (Wildman–Crippen LogP) is 3.78. The third-order valence-electron chi connectivity index (χ3n) is 2.91. The zero-order valence-corrected chi connectivity index (χ0v) is 10.7. The molecule has 0 saturated carbocycles. The lowest BCUT2D eigenvalue weighted by molar-refractivity contribution is 0.304. The summed E-state index contributed by atoms with van der Waals surface area (Å²) >= 11 is 0. The Morgan fingerprint density at radius 2 is 1.89 bits per heavy atom. The van der Waals surface area contributed by atoms with Crippen molar-refractivity contribution in [3.05, 3.63) is 65.0 Å². The normalized spacial score (nSPS) is 9.95. The number of aryl methyl sites for hydroxylation is 1. The van der Waals surface area contributed by atoms with Gasteiger partial charge in [0.05, 0.1) is 12.5 Å². The van der Waals surface area contributed by atoms with Crippen LogP contribution in [0, 0.1) is 24.1 Å². The first-order chi connectivity index (χ1) is 9.19. The summed E-state index contributed by atoms with van der Waals surface area (Å²) in [5.74, 6) is 0.457. The highest BCUT2D eigenvalue weighted by Crippen LogP contribution is 2.16. The van der Waals surface area contributed by atoms with Crippen LogP contribution in [0.15, 0.2) is 42.5 Å². The summed E-state index contributed by atoms with van der Waals surface area (Å²) in [7, 11) is 0. The molecule has 0 amide bonds. The maximum atomic E-state index is 13.1. The summed E-state index contributed by atoms with van der Waals surface area (Å²) < 4.78 is 18.7. The Morgan fingerprint density at radius 1 is 1.16 bits per heavy atom. The molecule has 2 aromatic carbocycles. The molecule has 0 unspecified atom stereocenters. The van der Waals surface area contributed by atoms with Gasteiger partial charge in [-0.25, -0.2) is 4.39 Å². The molecule has 3 heteroatoms. The van der Waals surface area contributed by atoms with E-state index in [1.54, 1.807) is 6.07 Å². The molecule has 0 aromatic heterocycles. The quantitative estimate of drug-likeness (QED) is 0.833. The second-order valence-corrected chi connectivity index (χ2v) is 4.34. The average molecular weight is 255 g/mol. The van der Waals surface area contributed by atoms with Gasteiger partial charge in [-0.15, -0.1) is 0 Å². The van der Waals surface area contributed by atoms with Crippen molar-refractivity contribution >= 4 is 0 Å². The van der Waals surface area contributed by atoms with Gasteiger partial charge in [-0.2, -0.15) is 5.26 Å². The molecule has 0 fully saturated rings. The van der Waals surface area contributed by atoms with Crippen molar-refractivity contribution in [3.8, 4) is 11.8 Å². The van der Waals surface area contributed by atoms with Crippen LogP contribution in [0.3, 0.4) is 0 Å². The Morgan fingerprint density at radius 3 is 2.58 bits per heavy atom. The molecule has 2 aromatic rings. The van der Waals surface area contributed by atoms with E-state index in [9.17, 15) is 4.39 Å². The number of benzene rings is 2. The third-order valence-corrected chi connectivity index (χ3v) is 2.91. The summed E-state index contributed by atoms with van der Waals surface area (Å²) in [6.45, 7) is 2.26. The molecular weight excluding hydrogens is 241 g/mol. The number of nitriles is 1. The molecule has 19 heavy (non-hydrogen) atoms. The highest BCUT2D eigenvalue weighted by molar-refractivity contribution is 5.30. The molecule has 0 heterocycles. The second-order valence-electron chi connectivity index (χ2n) is 4.34. The Hall–Kier alpha value is -2.34. The van der Waals surface area contributed by atoms with Crippen LogP contribution in [0.2, 0.25) is 0 Å². The number of hydrogen-bond acceptors (Lipinski definition) is 2. The molecule has 0 saturated heterocycles. The zero-order valence-electron chi connectivity index (χ0n) is 10.7. The monoisotopic (exact) mass is 255 g/mol. The summed E-state index contributed by atoms with van der Waals surface area (Å²) in [5, 5.41) is 8.58. The van der Waals surface area contributed by atoms with E-state index < -0.39 is 0 Å². The highest BCUT2D eigenvalue weighted by atomic mass is 19.1. The lowest BCUT2D eigenvalue weighted by Crippen LogP contribution is -1.98. The highest BCUT2D eigenvalue weighted by Gasteiger charge is 2.02. The smallest absolute Gasteiger partial charge is 0.123 e. The van der Waals surface area contributed by atoms with Gasteiger partial charge in [-0.1, -0.05) is 18.2 Å². The topological polar surface area (TPSA) is 33.0 Å². The van der Waals surface area contributed by atoms with Gasteiger partial charge in [0, 0.05) is 0 Å². The van der Waals surface area contributed by atoms with E-state index in [0.717, 1.165) is 16.7 Å². The minimum Gasteiger partial charge on any atom is -0.489 e. The average Bonchev–Trinajstić information content (AvgIpc) is 2.42. The van der Waals surface area contributed by atoms with Gasteiger partial charge in [-0.05, 0) is 47.9 Å². The Kier molecular flexibility index (Phi) is 4.15. The zero-order chi connectivity index (χ0) is 13.7. The lowest BCUT2D eigenvalue weighted by atomic mass is 10.1. The third kappa shape index (κ3) is 3.56. The lowest BCUT2D eigenvalue weighted by Gasteiger charge is -2.09. The molecule has 0 radical (unpaired) electrons. The van der Waals surface area contributed by atoms with Crippen LogP contribution in [0.1, 0.15) is 16.7 Å². The molecule has 2 rings (SSSR count). The van der Waals surface area contributed by atoms with Gasteiger partial charge in [0.25, 0.3) is 0 Å². The van der Waals surface area contributed by atoms with Crippen LogP contribution in [0.25, 0.3) is 0 Å². The van der Waals surface area contributed by atoms with Crippen molar-refractivity contribution in [3.63, 3.8) is 0 Å². The summed E-state index contributed by atoms with van der Waals surface area (Å²) in [6, 6.07) is 14.1. The van der Waals surface area contributed by atoms with Gasteiger partial charge in [0.1, 0.15) is 18.2 Å². The van der Waals surface area contributed by atoms with Crippen molar-refractivity contribution in [1.82, 2.24) is 0 Å². The Labute approximate surface area is 112 Å². The van der Waals surface area contributed by atoms with Crippen molar-refractivity contribution in [1.29, 1.82) is 5.26 Å². The van der Waals surface area contributed by atoms with Crippen LogP contribution in [-0.4, -0.2) is 0 Å². The van der Waals surface area contributed by atoms with Gasteiger partial charge < -0.3 is 4.74 Å². The second kappa shape index (κ2) is 6.01. The van der Waals surface area contributed by atoms with Gasteiger partial charge >= 0.3 is 0 Å². The van der Waals surface area contributed by atoms with Gasteiger partial charge in [-0.3, -0.25) is 0 Å². The molecule has 96 valence electrons. The SMILES string of the molecule is Cc1ccc(F)cc1COc1ccc(CC#N)cc1. The van der Waals surface area contributed by atoms with Crippen LogP contribution >= 0.6 is 0 Å². The standard InChI is InChI=1S/C16H14FNO/c1-12-2-5-15(17)10-14(12)11-19-16-6-3-13(4-7-16)8-9-18/h2-7,10H,8,11H2,1H3. The molecule has 0 aliphatic rings. The number of rotatable bonds is 4. The first kappa shape index (κ1) is 13.1. The van der Waals surface area contributed by atoms with E-state index in [4.69, 9.17) is 10.00 Å². The van der Waals surface area contributed by atoms with E-state index in [0.29, 0.717) is 18.8 Å². The minimum absolute atomic E-state index is 0.256. The Balaban J connectivity index is 2.02. The maximum Gasteiger partial charge on any atom is 0.123 e. The molecule has 0 atom stereocenters. The first-order valence-corrected chi connectivity index (χ1v) is 6.03. The van der Waals surface area contributed by atoms with Gasteiger partial charge in [0.15, 0.2) is 0 Å². The number of hydrogen-bond donors (Lipinski definition) is 0. The number of nitrogens with zero attached hydrogens (tertiary/aromatic N) is 1. The van der Waals surface area contributed by atoms with E-state index in [1.165, 1.54) is 12.1 Å². The van der Waals surface area contributed by atoms with Crippen LogP contribution in [-0.2, 0) is 13.0 Å². The maximum absolute atomic E-state index is 13.1. The van der Waals surface area contributed by atoms with E-state index in [-0.39, 0.29) is 5.82 Å². The van der Waals surface area contributed by atoms with Crippen LogP contribution in [0.4, 0.5) is 4.39 Å². The van der Waals surface area contributed by atoms with Crippen LogP contribution in [0.5, 0.6) is 5.75 Å². The fraction of sp³-hybridized carbons (Fsp3) is 0.188. The summed E-state index contributed by atoms with van der Waals surface area (Å²) in [6.07, 6.45) is 0.392. The molecular formula is C16H14FNO. The fourth-order valence-corrected chi connectivity index (χ4v) is 1.75.